The van der Waals surface area contributed by atoms with Gasteiger partial charge in [0.15, 0.2) is 0 Å². The predicted molar refractivity (Wildman–Crippen MR) is 97.5 cm³/mol. The second kappa shape index (κ2) is 7.92. The Morgan fingerprint density at radius 1 is 1.12 bits per heavy atom. The van der Waals surface area contributed by atoms with E-state index >= 15 is 0 Å². The third kappa shape index (κ3) is 4.34. The van der Waals surface area contributed by atoms with Crippen LogP contribution in [0, 0.1) is 6.92 Å². The summed E-state index contributed by atoms with van der Waals surface area (Å²) in [6, 6.07) is 7.69. The van der Waals surface area contributed by atoms with Gasteiger partial charge in [-0.25, -0.2) is 14.8 Å². The van der Waals surface area contributed by atoms with E-state index in [0.29, 0.717) is 38.7 Å². The van der Waals surface area contributed by atoms with Gasteiger partial charge in [-0.1, -0.05) is 18.2 Å². The van der Waals surface area contributed by atoms with E-state index < -0.39 is 5.97 Å². The van der Waals surface area contributed by atoms with Crippen molar-refractivity contribution in [2.45, 2.75) is 6.92 Å². The molecule has 3 rings (SSSR count). The van der Waals surface area contributed by atoms with E-state index in [2.05, 4.69) is 20.2 Å². The number of aryl methyl sites for hydroxylation is 1. The van der Waals surface area contributed by atoms with Gasteiger partial charge in [0, 0.05) is 44.3 Å². The Labute approximate surface area is 151 Å². The third-order valence-corrected chi connectivity index (χ3v) is 4.33. The van der Waals surface area contributed by atoms with Crippen LogP contribution in [0.5, 0.6) is 0 Å². The molecule has 26 heavy (non-hydrogen) atoms. The number of nitrogens with zero attached hydrogens (tertiary/aromatic N) is 4. The molecule has 136 valence electrons. The fourth-order valence-electron chi connectivity index (χ4n) is 2.81. The Kier molecular flexibility index (Phi) is 5.43. The monoisotopic (exact) mass is 355 g/mol. The molecule has 0 aliphatic carbocycles. The highest BCUT2D eigenvalue weighted by Gasteiger charge is 2.21. The van der Waals surface area contributed by atoms with Crippen molar-refractivity contribution in [3.63, 3.8) is 0 Å². The molecule has 0 atom stereocenters. The summed E-state index contributed by atoms with van der Waals surface area (Å²) in [7, 11) is 0. The Morgan fingerprint density at radius 3 is 2.38 bits per heavy atom. The third-order valence-electron chi connectivity index (χ3n) is 4.33. The van der Waals surface area contributed by atoms with Gasteiger partial charge >= 0.3 is 5.97 Å². The van der Waals surface area contributed by atoms with Gasteiger partial charge in [-0.05, 0) is 18.6 Å². The number of hydrogen-bond donors (Lipinski definition) is 2. The summed E-state index contributed by atoms with van der Waals surface area (Å²) < 4.78 is 0. The largest absolute Gasteiger partial charge is 0.478 e. The number of nitrogens with one attached hydrogen (secondary N) is 1. The van der Waals surface area contributed by atoms with Crippen molar-refractivity contribution in [2.75, 3.05) is 42.9 Å². The number of piperazine rings is 1. The van der Waals surface area contributed by atoms with E-state index in [1.807, 2.05) is 36.1 Å². The Balaban J connectivity index is 1.49. The van der Waals surface area contributed by atoms with Gasteiger partial charge in [0.25, 0.3) is 0 Å². The molecule has 2 aromatic rings. The van der Waals surface area contributed by atoms with Crippen LogP contribution in [0.2, 0.25) is 0 Å². The SMILES string of the molecule is Cc1ccccc1NC(=O)CN1CCN(c2ncc(C(=O)O)cn2)CC1. The lowest BCUT2D eigenvalue weighted by Crippen LogP contribution is -2.49. The number of carboxylic acid groups (broad SMARTS) is 1. The zero-order chi connectivity index (χ0) is 18.5. The molecule has 1 amide bonds. The standard InChI is InChI=1S/C18H21N5O3/c1-13-4-2-3-5-15(13)21-16(24)12-22-6-8-23(9-7-22)18-19-10-14(11-20-18)17(25)26/h2-5,10-11H,6-9,12H2,1H3,(H,21,24)(H,25,26). The topological polar surface area (TPSA) is 98.7 Å². The number of rotatable bonds is 5. The molecule has 0 radical (unpaired) electrons. The highest BCUT2D eigenvalue weighted by Crippen LogP contribution is 2.14. The van der Waals surface area contributed by atoms with Crippen LogP contribution in [0.25, 0.3) is 0 Å². The summed E-state index contributed by atoms with van der Waals surface area (Å²) in [5.74, 6) is -0.560. The first-order valence-electron chi connectivity index (χ1n) is 8.41. The number of carboxylic acids is 1. The molecule has 0 bridgehead atoms. The Bertz CT molecular complexity index is 786. The number of para-hydroxylation sites is 1. The highest BCUT2D eigenvalue weighted by molar-refractivity contribution is 5.93. The fourth-order valence-corrected chi connectivity index (χ4v) is 2.81. The van der Waals surface area contributed by atoms with Gasteiger partial charge in [0.05, 0.1) is 12.1 Å². The maximum absolute atomic E-state index is 12.2. The van der Waals surface area contributed by atoms with Crippen LogP contribution in [0.15, 0.2) is 36.7 Å². The minimum atomic E-state index is -1.04. The average molecular weight is 355 g/mol. The predicted octanol–water partition coefficient (Wildman–Crippen LogP) is 1.24. The molecule has 1 aromatic heterocycles. The molecular formula is C18H21N5O3. The van der Waals surface area contributed by atoms with Crippen LogP contribution in [0.3, 0.4) is 0 Å². The lowest BCUT2D eigenvalue weighted by molar-refractivity contribution is -0.117. The summed E-state index contributed by atoms with van der Waals surface area (Å²) in [6.07, 6.45) is 2.62. The first-order chi connectivity index (χ1) is 12.5. The first-order valence-corrected chi connectivity index (χ1v) is 8.41. The van der Waals surface area contributed by atoms with Crippen LogP contribution in [-0.2, 0) is 4.79 Å². The number of amides is 1. The zero-order valence-corrected chi connectivity index (χ0v) is 14.6. The average Bonchev–Trinajstić information content (AvgIpc) is 2.64. The number of aromatic nitrogens is 2. The summed E-state index contributed by atoms with van der Waals surface area (Å²) in [6.45, 7) is 5.09. The molecule has 1 saturated heterocycles. The number of benzene rings is 1. The summed E-state index contributed by atoms with van der Waals surface area (Å²) in [4.78, 5) is 35.4. The number of hydrogen-bond acceptors (Lipinski definition) is 6. The van der Waals surface area contributed by atoms with Gasteiger partial charge in [-0.3, -0.25) is 9.69 Å². The van der Waals surface area contributed by atoms with Crippen molar-refractivity contribution >= 4 is 23.5 Å². The molecule has 1 aliphatic rings. The second-order valence-electron chi connectivity index (χ2n) is 6.20. The summed E-state index contributed by atoms with van der Waals surface area (Å²) in [5, 5.41) is 11.8. The minimum absolute atomic E-state index is 0.0326. The van der Waals surface area contributed by atoms with Gasteiger partial charge in [0.1, 0.15) is 0 Å². The maximum atomic E-state index is 12.2. The van der Waals surface area contributed by atoms with Gasteiger partial charge in [0.2, 0.25) is 11.9 Å². The molecule has 1 aromatic carbocycles. The molecule has 0 saturated carbocycles. The van der Waals surface area contributed by atoms with Crippen molar-refractivity contribution in [1.29, 1.82) is 0 Å². The zero-order valence-electron chi connectivity index (χ0n) is 14.6. The van der Waals surface area contributed by atoms with Crippen LogP contribution in [0.1, 0.15) is 15.9 Å². The molecular weight excluding hydrogens is 334 g/mol. The number of aromatic carboxylic acids is 1. The molecule has 2 heterocycles. The van der Waals surface area contributed by atoms with E-state index in [9.17, 15) is 9.59 Å². The lowest BCUT2D eigenvalue weighted by atomic mass is 10.2. The number of carbonyl (C=O) groups is 2. The number of anilines is 2. The van der Waals surface area contributed by atoms with Crippen LogP contribution in [-0.4, -0.2) is 64.6 Å². The molecule has 0 unspecified atom stereocenters. The van der Waals surface area contributed by atoms with Crippen LogP contribution < -0.4 is 10.2 Å². The first kappa shape index (κ1) is 17.8. The van der Waals surface area contributed by atoms with E-state index in [1.54, 1.807) is 0 Å². The molecule has 2 N–H and O–H groups in total. The number of carbonyl (C=O) groups excluding carboxylic acids is 1. The van der Waals surface area contributed by atoms with Crippen LogP contribution in [0.4, 0.5) is 11.6 Å². The summed E-state index contributed by atoms with van der Waals surface area (Å²) >= 11 is 0. The molecule has 1 fully saturated rings. The molecule has 8 heteroatoms. The van der Waals surface area contributed by atoms with Crippen molar-refractivity contribution < 1.29 is 14.7 Å². The quantitative estimate of drug-likeness (QED) is 0.833. The second-order valence-corrected chi connectivity index (χ2v) is 6.20. The lowest BCUT2D eigenvalue weighted by Gasteiger charge is -2.34. The highest BCUT2D eigenvalue weighted by atomic mass is 16.4. The maximum Gasteiger partial charge on any atom is 0.338 e. The van der Waals surface area contributed by atoms with Crippen molar-refractivity contribution in [3.8, 4) is 0 Å². The van der Waals surface area contributed by atoms with E-state index in [1.165, 1.54) is 12.4 Å². The molecule has 8 nitrogen and oxygen atoms in total. The van der Waals surface area contributed by atoms with Crippen LogP contribution >= 0.6 is 0 Å². The molecule has 1 aliphatic heterocycles. The molecule has 0 spiro atoms. The van der Waals surface area contributed by atoms with Gasteiger partial charge < -0.3 is 15.3 Å². The smallest absolute Gasteiger partial charge is 0.338 e. The van der Waals surface area contributed by atoms with Gasteiger partial charge in [-0.15, -0.1) is 0 Å². The van der Waals surface area contributed by atoms with Gasteiger partial charge in [-0.2, -0.15) is 0 Å². The van der Waals surface area contributed by atoms with E-state index in [-0.39, 0.29) is 11.5 Å². The summed E-state index contributed by atoms with van der Waals surface area (Å²) in [5.41, 5.74) is 1.94. The minimum Gasteiger partial charge on any atom is -0.478 e. The fraction of sp³-hybridized carbons (Fsp3) is 0.333. The van der Waals surface area contributed by atoms with E-state index in [0.717, 1.165) is 11.3 Å². The Morgan fingerprint density at radius 2 is 1.77 bits per heavy atom. The van der Waals surface area contributed by atoms with Crippen molar-refractivity contribution in [1.82, 2.24) is 14.9 Å². The van der Waals surface area contributed by atoms with E-state index in [4.69, 9.17) is 5.11 Å². The normalized spacial score (nSPS) is 14.9. The van der Waals surface area contributed by atoms with Crippen molar-refractivity contribution in [2.24, 2.45) is 0 Å². The Hall–Kier alpha value is -3.00. The van der Waals surface area contributed by atoms with Crippen molar-refractivity contribution in [3.05, 3.63) is 47.8 Å².